The van der Waals surface area contributed by atoms with Gasteiger partial charge in [-0.05, 0) is 18.4 Å². The normalized spacial score (nSPS) is 14.5. The fourth-order valence-corrected chi connectivity index (χ4v) is 1.77. The van der Waals surface area contributed by atoms with E-state index in [9.17, 15) is 5.11 Å². The van der Waals surface area contributed by atoms with Gasteiger partial charge in [0.15, 0.2) is 0 Å². The van der Waals surface area contributed by atoms with Crippen LogP contribution in [0.2, 0.25) is 0 Å². The first-order chi connectivity index (χ1) is 7.29. The van der Waals surface area contributed by atoms with Gasteiger partial charge >= 0.3 is 0 Å². The fraction of sp³-hybridized carbons (Fsp3) is 0.385. The number of benzene rings is 1. The molecule has 2 atom stereocenters. The van der Waals surface area contributed by atoms with Gasteiger partial charge in [0.05, 0.1) is 6.10 Å². The summed E-state index contributed by atoms with van der Waals surface area (Å²) in [6.45, 7) is 3.76. The Morgan fingerprint density at radius 1 is 1.33 bits per heavy atom. The summed E-state index contributed by atoms with van der Waals surface area (Å²) in [4.78, 5) is 0. The number of alkyl halides is 1. The fourth-order valence-electron chi connectivity index (χ4n) is 1.61. The highest BCUT2D eigenvalue weighted by Crippen LogP contribution is 2.26. The third-order valence-corrected chi connectivity index (χ3v) is 2.79. The van der Waals surface area contributed by atoms with Gasteiger partial charge in [-0.1, -0.05) is 36.4 Å². The molecule has 1 nitrogen and oxygen atoms in total. The molecule has 0 amide bonds. The van der Waals surface area contributed by atoms with E-state index in [4.69, 9.17) is 11.6 Å². The van der Waals surface area contributed by atoms with Gasteiger partial charge in [0, 0.05) is 11.8 Å². The molecule has 2 unspecified atom stereocenters. The molecule has 0 aromatic heterocycles. The molecule has 0 saturated carbocycles. The summed E-state index contributed by atoms with van der Waals surface area (Å²) in [7, 11) is 0. The minimum Gasteiger partial charge on any atom is -0.388 e. The molecule has 0 aliphatic heterocycles. The molecule has 0 bridgehead atoms. The zero-order chi connectivity index (χ0) is 11.1. The third-order valence-electron chi connectivity index (χ3n) is 2.52. The Morgan fingerprint density at radius 3 is 2.53 bits per heavy atom. The Bertz CT molecular complexity index is 284. The highest BCUT2D eigenvalue weighted by atomic mass is 35.5. The van der Waals surface area contributed by atoms with Gasteiger partial charge in [0.1, 0.15) is 0 Å². The largest absolute Gasteiger partial charge is 0.388 e. The average molecular weight is 225 g/mol. The number of hydrogen-bond acceptors (Lipinski definition) is 1. The SMILES string of the molecule is C=CC(CCCCl)C(O)c1ccccc1. The molecule has 0 heterocycles. The maximum absolute atomic E-state index is 10.1. The lowest BCUT2D eigenvalue weighted by Crippen LogP contribution is -2.10. The highest BCUT2D eigenvalue weighted by Gasteiger charge is 2.16. The van der Waals surface area contributed by atoms with E-state index in [2.05, 4.69) is 6.58 Å². The lowest BCUT2D eigenvalue weighted by Gasteiger charge is -2.19. The van der Waals surface area contributed by atoms with Crippen molar-refractivity contribution in [2.24, 2.45) is 5.92 Å². The van der Waals surface area contributed by atoms with E-state index in [1.54, 1.807) is 0 Å². The topological polar surface area (TPSA) is 20.2 Å². The number of aliphatic hydroxyl groups is 1. The summed E-state index contributed by atoms with van der Waals surface area (Å²) in [5.74, 6) is 0.720. The van der Waals surface area contributed by atoms with Crippen molar-refractivity contribution >= 4 is 11.6 Å². The van der Waals surface area contributed by atoms with Crippen molar-refractivity contribution in [3.8, 4) is 0 Å². The molecule has 1 N–H and O–H groups in total. The Balaban J connectivity index is 2.64. The van der Waals surface area contributed by atoms with E-state index in [1.165, 1.54) is 0 Å². The lowest BCUT2D eigenvalue weighted by molar-refractivity contribution is 0.127. The van der Waals surface area contributed by atoms with Crippen LogP contribution in [0.3, 0.4) is 0 Å². The highest BCUT2D eigenvalue weighted by molar-refractivity contribution is 6.17. The van der Waals surface area contributed by atoms with E-state index < -0.39 is 6.10 Å². The molecule has 0 aliphatic carbocycles. The van der Waals surface area contributed by atoms with Crippen LogP contribution in [0.5, 0.6) is 0 Å². The first kappa shape index (κ1) is 12.3. The van der Waals surface area contributed by atoms with Crippen LogP contribution in [0.25, 0.3) is 0 Å². The average Bonchev–Trinajstić information content (AvgIpc) is 2.31. The number of halogens is 1. The van der Waals surface area contributed by atoms with Gasteiger partial charge in [-0.2, -0.15) is 0 Å². The quantitative estimate of drug-likeness (QED) is 0.579. The first-order valence-electron chi connectivity index (χ1n) is 5.21. The van der Waals surface area contributed by atoms with Crippen molar-refractivity contribution in [3.63, 3.8) is 0 Å². The van der Waals surface area contributed by atoms with Crippen LogP contribution in [0.4, 0.5) is 0 Å². The van der Waals surface area contributed by atoms with Crippen molar-refractivity contribution in [1.29, 1.82) is 0 Å². The van der Waals surface area contributed by atoms with Gasteiger partial charge in [-0.25, -0.2) is 0 Å². The zero-order valence-electron chi connectivity index (χ0n) is 8.77. The predicted octanol–water partition coefficient (Wildman–Crippen LogP) is 3.54. The van der Waals surface area contributed by atoms with Crippen molar-refractivity contribution < 1.29 is 5.11 Å². The monoisotopic (exact) mass is 224 g/mol. The van der Waals surface area contributed by atoms with Crippen LogP contribution in [0, 0.1) is 5.92 Å². The van der Waals surface area contributed by atoms with Crippen molar-refractivity contribution in [2.75, 3.05) is 5.88 Å². The second-order valence-electron chi connectivity index (χ2n) is 3.59. The predicted molar refractivity (Wildman–Crippen MR) is 65.0 cm³/mol. The number of rotatable bonds is 6. The zero-order valence-corrected chi connectivity index (χ0v) is 9.53. The Labute approximate surface area is 96.4 Å². The molecule has 1 aromatic rings. The van der Waals surface area contributed by atoms with Gasteiger partial charge in [0.2, 0.25) is 0 Å². The summed E-state index contributed by atoms with van der Waals surface area (Å²) in [5, 5.41) is 10.1. The molecule has 1 aromatic carbocycles. The van der Waals surface area contributed by atoms with Gasteiger partial charge < -0.3 is 5.11 Å². The summed E-state index contributed by atoms with van der Waals surface area (Å²) in [5.41, 5.74) is 0.942. The molecule has 15 heavy (non-hydrogen) atoms. The number of aliphatic hydroxyl groups excluding tert-OH is 1. The Morgan fingerprint density at radius 2 is 2.00 bits per heavy atom. The minimum absolute atomic E-state index is 0.0890. The van der Waals surface area contributed by atoms with Crippen LogP contribution >= 0.6 is 11.6 Å². The number of hydrogen-bond donors (Lipinski definition) is 1. The molecular weight excluding hydrogens is 208 g/mol. The van der Waals surface area contributed by atoms with Crippen molar-refractivity contribution in [3.05, 3.63) is 48.6 Å². The summed E-state index contributed by atoms with van der Waals surface area (Å²) >= 11 is 5.64. The molecule has 0 saturated heterocycles. The maximum Gasteiger partial charge on any atom is 0.0852 e. The molecule has 1 rings (SSSR count). The Kier molecular flexibility index (Phi) is 5.44. The Hall–Kier alpha value is -0.790. The smallest absolute Gasteiger partial charge is 0.0852 e. The van der Waals surface area contributed by atoms with Gasteiger partial charge in [-0.3, -0.25) is 0 Å². The molecule has 0 aliphatic rings. The lowest BCUT2D eigenvalue weighted by atomic mass is 9.92. The molecule has 2 heteroatoms. The molecule has 0 radical (unpaired) electrons. The van der Waals surface area contributed by atoms with Crippen LogP contribution in [-0.4, -0.2) is 11.0 Å². The third kappa shape index (κ3) is 3.69. The minimum atomic E-state index is -0.466. The van der Waals surface area contributed by atoms with Crippen LogP contribution in [-0.2, 0) is 0 Å². The molecular formula is C13H17ClO. The van der Waals surface area contributed by atoms with Crippen molar-refractivity contribution in [1.82, 2.24) is 0 Å². The van der Waals surface area contributed by atoms with E-state index in [0.717, 1.165) is 18.4 Å². The second kappa shape index (κ2) is 6.65. The second-order valence-corrected chi connectivity index (χ2v) is 3.96. The van der Waals surface area contributed by atoms with E-state index >= 15 is 0 Å². The first-order valence-corrected chi connectivity index (χ1v) is 5.74. The maximum atomic E-state index is 10.1. The molecule has 0 fully saturated rings. The molecule has 82 valence electrons. The summed E-state index contributed by atoms with van der Waals surface area (Å²) < 4.78 is 0. The van der Waals surface area contributed by atoms with Gasteiger partial charge in [-0.15, -0.1) is 18.2 Å². The van der Waals surface area contributed by atoms with E-state index in [0.29, 0.717) is 5.88 Å². The summed E-state index contributed by atoms with van der Waals surface area (Å²) in [6, 6.07) is 9.67. The van der Waals surface area contributed by atoms with Crippen molar-refractivity contribution in [2.45, 2.75) is 18.9 Å². The summed E-state index contributed by atoms with van der Waals surface area (Å²) in [6.07, 6.45) is 3.13. The van der Waals surface area contributed by atoms with Crippen LogP contribution in [0.1, 0.15) is 24.5 Å². The standard InChI is InChI=1S/C13H17ClO/c1-2-11(9-6-10-14)13(15)12-7-4-3-5-8-12/h2-5,7-8,11,13,15H,1,6,9-10H2. The van der Waals surface area contributed by atoms with Gasteiger partial charge in [0.25, 0.3) is 0 Å². The van der Waals surface area contributed by atoms with E-state index in [1.807, 2.05) is 36.4 Å². The van der Waals surface area contributed by atoms with Crippen LogP contribution in [0.15, 0.2) is 43.0 Å². The molecule has 0 spiro atoms. The van der Waals surface area contributed by atoms with E-state index in [-0.39, 0.29) is 5.92 Å². The van der Waals surface area contributed by atoms with Crippen LogP contribution < -0.4 is 0 Å².